The van der Waals surface area contributed by atoms with Gasteiger partial charge < -0.3 is 100 Å². The Morgan fingerprint density at radius 3 is 1.45 bits per heavy atom. The van der Waals surface area contributed by atoms with Crippen molar-refractivity contribution in [3.63, 3.8) is 0 Å². The van der Waals surface area contributed by atoms with Gasteiger partial charge in [0.1, 0.15) is 67.1 Å². The second kappa shape index (κ2) is 50.7. The monoisotopic (exact) mass is 1330 g/mol. The summed E-state index contributed by atoms with van der Waals surface area (Å²) in [4.78, 5) is 38.6. The highest BCUT2D eigenvalue weighted by molar-refractivity contribution is 5.77. The average molecular weight is 1340 g/mol. The van der Waals surface area contributed by atoms with E-state index in [9.17, 15) is 75.7 Å². The Labute approximate surface area is 556 Å². The number of aliphatic hydroxyl groups is 11. The molecule has 0 aliphatic carbocycles. The van der Waals surface area contributed by atoms with Crippen LogP contribution in [-0.4, -0.2) is 215 Å². The maximum Gasteiger partial charge on any atom is 0.364 e. The fourth-order valence-electron chi connectivity index (χ4n) is 12.9. The minimum atomic E-state index is -3.08. The van der Waals surface area contributed by atoms with E-state index >= 15 is 0 Å². The van der Waals surface area contributed by atoms with Crippen molar-refractivity contribution in [1.82, 2.24) is 10.6 Å². The van der Waals surface area contributed by atoms with Gasteiger partial charge in [0.05, 0.1) is 50.7 Å². The van der Waals surface area contributed by atoms with Crippen molar-refractivity contribution in [3.05, 3.63) is 12.2 Å². The predicted molar refractivity (Wildman–Crippen MR) is 352 cm³/mol. The van der Waals surface area contributed by atoms with E-state index in [0.717, 1.165) is 84.0 Å². The lowest BCUT2D eigenvalue weighted by Gasteiger charge is -2.50. The van der Waals surface area contributed by atoms with Crippen LogP contribution in [0.15, 0.2) is 12.2 Å². The van der Waals surface area contributed by atoms with Crippen LogP contribution in [-0.2, 0) is 42.8 Å². The molecule has 14 N–H and O–H groups in total. The Morgan fingerprint density at radius 1 is 0.548 bits per heavy atom. The second-order valence-corrected chi connectivity index (χ2v) is 26.8. The van der Waals surface area contributed by atoms with Gasteiger partial charge in [0.25, 0.3) is 5.79 Å². The van der Waals surface area contributed by atoms with Crippen LogP contribution in [0, 0.1) is 0 Å². The molecule has 3 rings (SSSR count). The molecular formula is C70H130N2O21. The summed E-state index contributed by atoms with van der Waals surface area (Å²) < 4.78 is 34.9. The Bertz CT molecular complexity index is 1930. The molecule has 3 heterocycles. The van der Waals surface area contributed by atoms with E-state index < -0.39 is 148 Å². The standard InChI is InChI=1S/C70H130N2O21/c1-4-6-8-10-12-14-16-18-20-22-23-24-25-26-27-28-30-32-34-36-38-40-42-44-57(80)72-51(52(77)43-41-39-37-35-33-31-29-21-19-17-15-13-11-9-7-5-2)49-88-67-62(84)61(83)64(56(48-75)90-67)91-68-63(85)66(60(82)55(47-74)89-68)93-70(69(86)87)45-53(78)58(71-50(3)76)65(92-70)59(81)54(79)46-73/h26-27,51-56,58-68,73-75,77-79,81-85H,4-25,28-49H2,1-3H3,(H,71,76)(H,72,80)(H,86,87)/b27-26-. The molecule has 23 nitrogen and oxygen atoms in total. The molecule has 2 amide bonds. The average Bonchev–Trinajstić information content (AvgIpc) is 0.787. The van der Waals surface area contributed by atoms with Crippen molar-refractivity contribution in [2.75, 3.05) is 26.4 Å². The van der Waals surface area contributed by atoms with Crippen LogP contribution in [0.4, 0.5) is 0 Å². The molecule has 0 aromatic rings. The fourth-order valence-corrected chi connectivity index (χ4v) is 12.9. The van der Waals surface area contributed by atoms with Crippen LogP contribution >= 0.6 is 0 Å². The van der Waals surface area contributed by atoms with E-state index in [-0.39, 0.29) is 18.9 Å². The summed E-state index contributed by atoms with van der Waals surface area (Å²) in [6.07, 6.45) is 20.7. The van der Waals surface area contributed by atoms with Gasteiger partial charge in [0, 0.05) is 19.8 Å². The Morgan fingerprint density at radius 2 is 1.00 bits per heavy atom. The van der Waals surface area contributed by atoms with Gasteiger partial charge in [-0.1, -0.05) is 231 Å². The van der Waals surface area contributed by atoms with E-state index in [0.29, 0.717) is 19.3 Å². The number of amides is 2. The van der Waals surface area contributed by atoms with Crippen LogP contribution < -0.4 is 10.6 Å². The van der Waals surface area contributed by atoms with Crippen molar-refractivity contribution >= 4 is 17.8 Å². The number of carbonyl (C=O) groups is 3. The number of carboxylic acid groups (broad SMARTS) is 1. The molecule has 0 bridgehead atoms. The number of allylic oxidation sites excluding steroid dienone is 2. The Kier molecular flexibility index (Phi) is 46.2. The number of carboxylic acids is 1. The van der Waals surface area contributed by atoms with E-state index in [1.165, 1.54) is 148 Å². The molecule has 3 fully saturated rings. The summed E-state index contributed by atoms with van der Waals surface area (Å²) in [6.45, 7) is 2.22. The molecule has 0 radical (unpaired) electrons. The quantitative estimate of drug-likeness (QED) is 0.0207. The first-order chi connectivity index (χ1) is 44.9. The number of hydrogen-bond acceptors (Lipinski definition) is 20. The minimum absolute atomic E-state index is 0.220. The van der Waals surface area contributed by atoms with E-state index in [1.807, 2.05) is 0 Å². The molecule has 93 heavy (non-hydrogen) atoms. The molecule has 0 spiro atoms. The van der Waals surface area contributed by atoms with Crippen LogP contribution in [0.3, 0.4) is 0 Å². The van der Waals surface area contributed by atoms with Gasteiger partial charge in [-0.05, 0) is 38.5 Å². The zero-order chi connectivity index (χ0) is 68.2. The van der Waals surface area contributed by atoms with Crippen LogP contribution in [0.25, 0.3) is 0 Å². The lowest BCUT2D eigenvalue weighted by Crippen LogP contribution is -2.70. The molecule has 0 saturated carbocycles. The topological polar surface area (TPSA) is 373 Å². The number of unbranched alkanes of at least 4 members (excludes halogenated alkanes) is 34. The molecule has 18 atom stereocenters. The third-order valence-corrected chi connectivity index (χ3v) is 18.7. The van der Waals surface area contributed by atoms with E-state index in [1.54, 1.807) is 0 Å². The predicted octanol–water partition coefficient (Wildman–Crippen LogP) is 7.46. The highest BCUT2D eigenvalue weighted by Gasteiger charge is 2.60. The van der Waals surface area contributed by atoms with Gasteiger partial charge in [-0.25, -0.2) is 4.79 Å². The number of ether oxygens (including phenoxy) is 6. The number of aliphatic hydroxyl groups excluding tert-OH is 11. The normalized spacial score (nSPS) is 28.1. The van der Waals surface area contributed by atoms with Crippen molar-refractivity contribution in [2.45, 2.75) is 387 Å². The molecule has 3 saturated heterocycles. The van der Waals surface area contributed by atoms with Gasteiger partial charge >= 0.3 is 5.97 Å². The van der Waals surface area contributed by atoms with Crippen molar-refractivity contribution in [2.24, 2.45) is 0 Å². The summed E-state index contributed by atoms with van der Waals surface area (Å²) >= 11 is 0. The number of carbonyl (C=O) groups excluding carboxylic acids is 2. The first-order valence-electron chi connectivity index (χ1n) is 36.5. The number of rotatable bonds is 56. The molecule has 3 aliphatic heterocycles. The molecule has 3 aliphatic rings. The number of aliphatic carboxylic acids is 1. The fraction of sp³-hybridized carbons (Fsp3) is 0.929. The lowest BCUT2D eigenvalue weighted by atomic mass is 9.88. The first-order valence-corrected chi connectivity index (χ1v) is 36.5. The molecule has 546 valence electrons. The largest absolute Gasteiger partial charge is 0.477 e. The van der Waals surface area contributed by atoms with Gasteiger partial charge in [-0.3, -0.25) is 9.59 Å². The Balaban J connectivity index is 1.56. The SMILES string of the molecule is CCCCCCCCCCCCCC/C=C\CCCCCCCCCC(=O)NC(COC1OC(CO)C(OC2OC(CO)C(O)C(OC3(C(=O)O)CC(O)C(NC(C)=O)C(C(O)C(O)CO)O3)C2O)C(O)C1O)C(O)CCCCCCCCCCCCCCCCCC. The molecule has 23 heteroatoms. The lowest BCUT2D eigenvalue weighted by molar-refractivity contribution is -0.386. The van der Waals surface area contributed by atoms with E-state index in [2.05, 4.69) is 36.6 Å². The van der Waals surface area contributed by atoms with Gasteiger partial charge in [0.2, 0.25) is 11.8 Å². The summed E-state index contributed by atoms with van der Waals surface area (Å²) in [7, 11) is 0. The van der Waals surface area contributed by atoms with E-state index in [4.69, 9.17) is 28.4 Å². The van der Waals surface area contributed by atoms with Crippen LogP contribution in [0.5, 0.6) is 0 Å². The summed E-state index contributed by atoms with van der Waals surface area (Å²) in [5, 5.41) is 136. The molecule has 0 aromatic heterocycles. The Hall–Kier alpha value is -2.53. The van der Waals surface area contributed by atoms with Gasteiger partial charge in [0.15, 0.2) is 12.6 Å². The highest BCUT2D eigenvalue weighted by atomic mass is 16.8. The molecular weight excluding hydrogens is 1200 g/mol. The van der Waals surface area contributed by atoms with Gasteiger partial charge in [-0.15, -0.1) is 0 Å². The smallest absolute Gasteiger partial charge is 0.364 e. The minimum Gasteiger partial charge on any atom is -0.477 e. The summed E-state index contributed by atoms with van der Waals surface area (Å²) in [5.74, 6) is -6.10. The maximum atomic E-state index is 13.5. The van der Waals surface area contributed by atoms with Crippen LogP contribution in [0.2, 0.25) is 0 Å². The summed E-state index contributed by atoms with van der Waals surface area (Å²) in [5.41, 5.74) is 0. The maximum absolute atomic E-state index is 13.5. The third-order valence-electron chi connectivity index (χ3n) is 18.7. The zero-order valence-electron chi connectivity index (χ0n) is 57.1. The third kappa shape index (κ3) is 32.8. The molecule has 18 unspecified atom stereocenters. The van der Waals surface area contributed by atoms with Gasteiger partial charge in [-0.2, -0.15) is 0 Å². The second-order valence-electron chi connectivity index (χ2n) is 26.8. The van der Waals surface area contributed by atoms with Crippen molar-refractivity contribution in [3.8, 4) is 0 Å². The van der Waals surface area contributed by atoms with Crippen molar-refractivity contribution < 1.29 is 104 Å². The van der Waals surface area contributed by atoms with Crippen molar-refractivity contribution in [1.29, 1.82) is 0 Å². The highest BCUT2D eigenvalue weighted by Crippen LogP contribution is 2.39. The van der Waals surface area contributed by atoms with Crippen LogP contribution in [0.1, 0.15) is 278 Å². The number of hydrogen-bond donors (Lipinski definition) is 14. The first kappa shape index (κ1) is 84.7. The molecule has 0 aromatic carbocycles. The summed E-state index contributed by atoms with van der Waals surface area (Å²) in [6, 6.07) is -2.53. The number of nitrogens with one attached hydrogen (secondary N) is 2. The zero-order valence-corrected chi connectivity index (χ0v) is 57.1.